The summed E-state index contributed by atoms with van der Waals surface area (Å²) in [7, 11) is 4.05. The van der Waals surface area contributed by atoms with Crippen LogP contribution in [0.25, 0.3) is 33.7 Å². The Morgan fingerprint density at radius 2 is 1.67 bits per heavy atom. The fraction of sp³-hybridized carbons (Fsp3) is 0.143. The van der Waals surface area contributed by atoms with Crippen LogP contribution in [-0.2, 0) is 0 Å². The van der Waals surface area contributed by atoms with Crippen molar-refractivity contribution in [2.24, 2.45) is 0 Å². The number of aromatic nitrogens is 3. The van der Waals surface area contributed by atoms with Gasteiger partial charge in [-0.25, -0.2) is 9.97 Å². The van der Waals surface area contributed by atoms with Crippen LogP contribution >= 0.6 is 0 Å². The molecule has 6 heteroatoms. The van der Waals surface area contributed by atoms with Crippen LogP contribution in [0.5, 0.6) is 11.5 Å². The molecule has 3 heterocycles. The molecule has 0 fully saturated rings. The van der Waals surface area contributed by atoms with E-state index in [2.05, 4.69) is 50.2 Å². The maximum Gasteiger partial charge on any atom is 0.231 e. The molecule has 0 atom stereocenters. The summed E-state index contributed by atoms with van der Waals surface area (Å²) in [6.07, 6.45) is 1.83. The molecular weight excluding hydrogens is 340 g/mol. The van der Waals surface area contributed by atoms with Crippen molar-refractivity contribution in [3.63, 3.8) is 0 Å². The van der Waals surface area contributed by atoms with Gasteiger partial charge in [0.15, 0.2) is 17.1 Å². The van der Waals surface area contributed by atoms with Crippen molar-refractivity contribution < 1.29 is 9.47 Å². The van der Waals surface area contributed by atoms with E-state index in [0.29, 0.717) is 5.65 Å². The number of nitrogens with zero attached hydrogens (tertiary/aromatic N) is 3. The number of H-pyrrole nitrogens is 1. The van der Waals surface area contributed by atoms with Crippen molar-refractivity contribution in [3.05, 3.63) is 54.7 Å². The van der Waals surface area contributed by atoms with Gasteiger partial charge < -0.3 is 19.4 Å². The lowest BCUT2D eigenvalue weighted by atomic mass is 10.1. The third kappa shape index (κ3) is 2.75. The number of hydrogen-bond donors (Lipinski definition) is 1. The van der Waals surface area contributed by atoms with E-state index >= 15 is 0 Å². The van der Waals surface area contributed by atoms with Gasteiger partial charge in [-0.15, -0.1) is 0 Å². The van der Waals surface area contributed by atoms with Gasteiger partial charge in [0.2, 0.25) is 6.79 Å². The van der Waals surface area contributed by atoms with E-state index in [9.17, 15) is 0 Å². The summed E-state index contributed by atoms with van der Waals surface area (Å²) in [6.45, 7) is 0.270. The topological polar surface area (TPSA) is 63.3 Å². The molecule has 0 amide bonds. The third-order valence-electron chi connectivity index (χ3n) is 4.70. The van der Waals surface area contributed by atoms with Gasteiger partial charge in [-0.1, -0.05) is 6.07 Å². The standard InChI is InChI=1S/C21H18N4O2/c1-25(2)16-6-3-13(4-7-16)20-23-17-9-15(11-22-21(17)24-20)14-5-8-18-19(10-14)27-12-26-18/h3-11H,12H2,1-2H3,(H,22,23,24). The van der Waals surface area contributed by atoms with Crippen molar-refractivity contribution in [2.45, 2.75) is 0 Å². The Kier molecular flexibility index (Phi) is 3.50. The van der Waals surface area contributed by atoms with E-state index in [4.69, 9.17) is 9.47 Å². The van der Waals surface area contributed by atoms with Gasteiger partial charge in [-0.3, -0.25) is 0 Å². The molecule has 1 aliphatic rings. The maximum absolute atomic E-state index is 5.47. The smallest absolute Gasteiger partial charge is 0.231 e. The highest BCUT2D eigenvalue weighted by molar-refractivity contribution is 5.81. The first-order chi connectivity index (χ1) is 13.2. The number of imidazole rings is 1. The van der Waals surface area contributed by atoms with Crippen LogP contribution in [0.1, 0.15) is 0 Å². The molecular formula is C21H18N4O2. The molecule has 134 valence electrons. The van der Waals surface area contributed by atoms with Gasteiger partial charge in [0.25, 0.3) is 0 Å². The molecule has 0 spiro atoms. The minimum atomic E-state index is 0.270. The van der Waals surface area contributed by atoms with Crippen LogP contribution in [-0.4, -0.2) is 35.8 Å². The van der Waals surface area contributed by atoms with E-state index in [1.807, 2.05) is 38.5 Å². The average molecular weight is 358 g/mol. The van der Waals surface area contributed by atoms with E-state index < -0.39 is 0 Å². The maximum atomic E-state index is 5.47. The molecule has 0 unspecified atom stereocenters. The molecule has 0 radical (unpaired) electrons. The fourth-order valence-corrected chi connectivity index (χ4v) is 3.19. The Morgan fingerprint density at radius 1 is 0.889 bits per heavy atom. The lowest BCUT2D eigenvalue weighted by Crippen LogP contribution is -2.07. The van der Waals surface area contributed by atoms with Crippen molar-refractivity contribution in [1.29, 1.82) is 0 Å². The lowest BCUT2D eigenvalue weighted by Gasteiger charge is -2.11. The zero-order valence-corrected chi connectivity index (χ0v) is 15.1. The first-order valence-electron chi connectivity index (χ1n) is 8.71. The molecule has 4 aromatic rings. The molecule has 1 N–H and O–H groups in total. The second kappa shape index (κ2) is 6.02. The van der Waals surface area contributed by atoms with Crippen LogP contribution < -0.4 is 14.4 Å². The predicted octanol–water partition coefficient (Wildman–Crippen LogP) is 4.09. The fourth-order valence-electron chi connectivity index (χ4n) is 3.19. The quantitative estimate of drug-likeness (QED) is 0.598. The minimum Gasteiger partial charge on any atom is -0.454 e. The first-order valence-corrected chi connectivity index (χ1v) is 8.71. The molecule has 0 aliphatic carbocycles. The molecule has 5 rings (SSSR count). The summed E-state index contributed by atoms with van der Waals surface area (Å²) in [6, 6.07) is 16.2. The molecule has 2 aromatic heterocycles. The van der Waals surface area contributed by atoms with Crippen molar-refractivity contribution in [1.82, 2.24) is 15.0 Å². The average Bonchev–Trinajstić information content (AvgIpc) is 3.33. The zero-order valence-electron chi connectivity index (χ0n) is 15.1. The van der Waals surface area contributed by atoms with Crippen LogP contribution in [0.15, 0.2) is 54.7 Å². The number of benzene rings is 2. The Bertz CT molecular complexity index is 1130. The van der Waals surface area contributed by atoms with Crippen LogP contribution in [0.2, 0.25) is 0 Å². The van der Waals surface area contributed by atoms with E-state index in [-0.39, 0.29) is 6.79 Å². The van der Waals surface area contributed by atoms with Crippen molar-refractivity contribution >= 4 is 16.9 Å². The summed E-state index contributed by atoms with van der Waals surface area (Å²) in [4.78, 5) is 14.6. The highest BCUT2D eigenvalue weighted by Crippen LogP contribution is 2.36. The normalized spacial score (nSPS) is 12.5. The predicted molar refractivity (Wildman–Crippen MR) is 105 cm³/mol. The second-order valence-electron chi connectivity index (χ2n) is 6.69. The summed E-state index contributed by atoms with van der Waals surface area (Å²) in [5.41, 5.74) is 5.81. The number of nitrogens with one attached hydrogen (secondary N) is 1. The highest BCUT2D eigenvalue weighted by atomic mass is 16.7. The summed E-state index contributed by atoms with van der Waals surface area (Å²) in [5, 5.41) is 0. The number of fused-ring (bicyclic) bond motifs is 2. The second-order valence-corrected chi connectivity index (χ2v) is 6.69. The van der Waals surface area contributed by atoms with E-state index in [1.54, 1.807) is 0 Å². The Labute approximate surface area is 156 Å². The summed E-state index contributed by atoms with van der Waals surface area (Å²) >= 11 is 0. The molecule has 2 aromatic carbocycles. The number of pyridine rings is 1. The van der Waals surface area contributed by atoms with Gasteiger partial charge in [0.05, 0.1) is 5.52 Å². The van der Waals surface area contributed by atoms with Crippen LogP contribution in [0.3, 0.4) is 0 Å². The molecule has 0 saturated carbocycles. The molecule has 0 bridgehead atoms. The third-order valence-corrected chi connectivity index (χ3v) is 4.70. The number of rotatable bonds is 3. The Balaban J connectivity index is 1.51. The van der Waals surface area contributed by atoms with E-state index in [1.165, 1.54) is 0 Å². The summed E-state index contributed by atoms with van der Waals surface area (Å²) in [5.74, 6) is 2.35. The van der Waals surface area contributed by atoms with Gasteiger partial charge in [-0.2, -0.15) is 0 Å². The zero-order chi connectivity index (χ0) is 18.4. The largest absolute Gasteiger partial charge is 0.454 e. The molecule has 1 aliphatic heterocycles. The lowest BCUT2D eigenvalue weighted by molar-refractivity contribution is 0.174. The van der Waals surface area contributed by atoms with Gasteiger partial charge in [0, 0.05) is 37.1 Å². The number of hydrogen-bond acceptors (Lipinski definition) is 5. The SMILES string of the molecule is CN(C)c1ccc(-c2nc3ncc(-c4ccc5c(c4)OCO5)cc3[nH]2)cc1. The number of aromatic amines is 1. The molecule has 0 saturated heterocycles. The molecule has 27 heavy (non-hydrogen) atoms. The van der Waals surface area contributed by atoms with Crippen molar-refractivity contribution in [3.8, 4) is 34.0 Å². The summed E-state index contributed by atoms with van der Waals surface area (Å²) < 4.78 is 10.8. The van der Waals surface area contributed by atoms with E-state index in [0.717, 1.165) is 45.2 Å². The number of anilines is 1. The number of ether oxygens (including phenoxy) is 2. The Hall–Kier alpha value is -3.54. The van der Waals surface area contributed by atoms with Gasteiger partial charge >= 0.3 is 0 Å². The highest BCUT2D eigenvalue weighted by Gasteiger charge is 2.15. The monoisotopic (exact) mass is 358 g/mol. The first kappa shape index (κ1) is 15.7. The van der Waals surface area contributed by atoms with Gasteiger partial charge in [0.1, 0.15) is 5.82 Å². The van der Waals surface area contributed by atoms with Crippen molar-refractivity contribution in [2.75, 3.05) is 25.8 Å². The Morgan fingerprint density at radius 3 is 2.48 bits per heavy atom. The minimum absolute atomic E-state index is 0.270. The van der Waals surface area contributed by atoms with Crippen LogP contribution in [0, 0.1) is 0 Å². The molecule has 6 nitrogen and oxygen atoms in total. The van der Waals surface area contributed by atoms with Crippen LogP contribution in [0.4, 0.5) is 5.69 Å². The van der Waals surface area contributed by atoms with Gasteiger partial charge in [-0.05, 0) is 48.0 Å².